The van der Waals surface area contributed by atoms with Crippen LogP contribution in [0.5, 0.6) is 5.75 Å². The topological polar surface area (TPSA) is 76.0 Å². The van der Waals surface area contributed by atoms with Gasteiger partial charge < -0.3 is 23.3 Å². The number of pyridine rings is 1. The molecule has 1 aromatic rings. The Bertz CT molecular complexity index is 760. The van der Waals surface area contributed by atoms with Crippen molar-refractivity contribution in [3.8, 4) is 5.75 Å². The van der Waals surface area contributed by atoms with Gasteiger partial charge in [0.05, 0.1) is 19.4 Å². The van der Waals surface area contributed by atoms with E-state index >= 15 is 0 Å². The van der Waals surface area contributed by atoms with Gasteiger partial charge in [0.1, 0.15) is 12.9 Å². The molecule has 0 aromatic carbocycles. The van der Waals surface area contributed by atoms with Crippen LogP contribution in [0.15, 0.2) is 17.1 Å². The molecular weight excluding hydrogens is 381 g/mol. The number of fused-ring (bicyclic) bond motifs is 1. The van der Waals surface area contributed by atoms with E-state index < -0.39 is 7.37 Å². The summed E-state index contributed by atoms with van der Waals surface area (Å²) in [6.45, 7) is 9.20. The Hall–Kier alpha value is -1.14. The third-order valence-electron chi connectivity index (χ3n) is 5.64. The Morgan fingerprint density at radius 3 is 2.64 bits per heavy atom. The lowest BCUT2D eigenvalue weighted by atomic mass is 9.69. The van der Waals surface area contributed by atoms with E-state index in [1.807, 2.05) is 11.5 Å². The molecule has 7 nitrogen and oxygen atoms in total. The quantitative estimate of drug-likeness (QED) is 0.426. The number of aromatic nitrogens is 1. The van der Waals surface area contributed by atoms with E-state index in [2.05, 4.69) is 13.8 Å². The molecule has 8 heteroatoms. The van der Waals surface area contributed by atoms with Crippen molar-refractivity contribution in [1.82, 2.24) is 4.57 Å². The minimum Gasteiger partial charge on any atom is -0.491 e. The van der Waals surface area contributed by atoms with Gasteiger partial charge in [0, 0.05) is 44.2 Å². The smallest absolute Gasteiger partial charge is 0.223 e. The van der Waals surface area contributed by atoms with Gasteiger partial charge in [0.2, 0.25) is 5.43 Å². The van der Waals surface area contributed by atoms with Crippen LogP contribution in [0.1, 0.15) is 45.4 Å². The highest BCUT2D eigenvalue weighted by molar-refractivity contribution is 7.58. The van der Waals surface area contributed by atoms with Crippen molar-refractivity contribution in [2.24, 2.45) is 11.3 Å². The van der Waals surface area contributed by atoms with Crippen LogP contribution >= 0.6 is 7.37 Å². The fraction of sp³-hybridized carbons (Fsp3) is 0.750. The van der Waals surface area contributed by atoms with Crippen molar-refractivity contribution < 1.29 is 23.3 Å². The second kappa shape index (κ2) is 9.57. The van der Waals surface area contributed by atoms with Gasteiger partial charge >= 0.3 is 0 Å². The highest BCUT2D eigenvalue weighted by Crippen LogP contribution is 2.51. The molecule has 0 amide bonds. The van der Waals surface area contributed by atoms with Gasteiger partial charge in [-0.2, -0.15) is 0 Å². The SMILES string of the molecule is CCOP(C)(=O)CCCC1Cn2ccc(=O)c(OC)c2C(OCOC)C1(C)C. The van der Waals surface area contributed by atoms with Crippen LogP contribution in [0, 0.1) is 11.3 Å². The molecule has 28 heavy (non-hydrogen) atoms. The van der Waals surface area contributed by atoms with Crippen molar-refractivity contribution in [3.63, 3.8) is 0 Å². The normalized spacial score (nSPS) is 23.1. The molecule has 0 bridgehead atoms. The average molecular weight is 415 g/mol. The number of methoxy groups -OCH3 is 2. The number of hydrogen-bond donors (Lipinski definition) is 0. The van der Waals surface area contributed by atoms with Crippen LogP contribution in [0.2, 0.25) is 0 Å². The Labute approximate surface area is 167 Å². The number of rotatable bonds is 10. The second-order valence-electron chi connectivity index (χ2n) is 8.02. The zero-order valence-corrected chi connectivity index (χ0v) is 18.8. The van der Waals surface area contributed by atoms with Crippen molar-refractivity contribution in [2.45, 2.75) is 46.3 Å². The molecule has 1 aromatic heterocycles. The summed E-state index contributed by atoms with van der Waals surface area (Å²) in [6, 6.07) is 1.53. The van der Waals surface area contributed by atoms with Crippen molar-refractivity contribution >= 4 is 7.37 Å². The Kier molecular flexibility index (Phi) is 7.91. The van der Waals surface area contributed by atoms with Gasteiger partial charge in [-0.3, -0.25) is 9.36 Å². The average Bonchev–Trinajstić information content (AvgIpc) is 2.61. The minimum absolute atomic E-state index is 0.127. The van der Waals surface area contributed by atoms with Crippen molar-refractivity contribution in [3.05, 3.63) is 28.2 Å². The zero-order valence-electron chi connectivity index (χ0n) is 17.9. The first kappa shape index (κ1) is 23.1. The van der Waals surface area contributed by atoms with E-state index in [1.165, 1.54) is 13.2 Å². The van der Waals surface area contributed by atoms with E-state index in [0.717, 1.165) is 25.1 Å². The van der Waals surface area contributed by atoms with Crippen LogP contribution in [0.3, 0.4) is 0 Å². The third-order valence-corrected chi connectivity index (χ3v) is 7.57. The van der Waals surface area contributed by atoms with Crippen LogP contribution in [0.25, 0.3) is 0 Å². The molecule has 1 aliphatic heterocycles. The van der Waals surface area contributed by atoms with Crippen LogP contribution in [-0.4, -0.2) is 45.0 Å². The van der Waals surface area contributed by atoms with E-state index in [-0.39, 0.29) is 29.7 Å². The lowest BCUT2D eigenvalue weighted by molar-refractivity contribution is -0.142. The van der Waals surface area contributed by atoms with Gasteiger partial charge in [-0.15, -0.1) is 0 Å². The van der Waals surface area contributed by atoms with Gasteiger partial charge in [0.15, 0.2) is 13.1 Å². The molecule has 0 saturated carbocycles. The zero-order chi connectivity index (χ0) is 20.9. The maximum atomic E-state index is 12.4. The van der Waals surface area contributed by atoms with Gasteiger partial charge in [-0.1, -0.05) is 13.8 Å². The predicted octanol–water partition coefficient (Wildman–Crippen LogP) is 3.90. The van der Waals surface area contributed by atoms with Crippen molar-refractivity contribution in [1.29, 1.82) is 0 Å². The fourth-order valence-corrected chi connectivity index (χ4v) is 5.53. The third kappa shape index (κ3) is 5.07. The summed E-state index contributed by atoms with van der Waals surface area (Å²) in [5.74, 6) is 0.597. The minimum atomic E-state index is -2.54. The fourth-order valence-electron chi connectivity index (χ4n) is 4.10. The summed E-state index contributed by atoms with van der Waals surface area (Å²) < 4.78 is 36.5. The molecule has 3 atom stereocenters. The standard InChI is InChI=1S/C20H34NO6P/c1-7-27-28(6,23)12-8-9-15-13-21-11-10-16(22)18(25-5)17(21)19(20(15,2)3)26-14-24-4/h10-11,15,19H,7-9,12-14H2,1-6H3. The lowest BCUT2D eigenvalue weighted by Crippen LogP contribution is -2.43. The largest absolute Gasteiger partial charge is 0.491 e. The highest BCUT2D eigenvalue weighted by Gasteiger charge is 2.45. The first-order chi connectivity index (χ1) is 13.2. The predicted molar refractivity (Wildman–Crippen MR) is 109 cm³/mol. The number of ether oxygens (including phenoxy) is 3. The molecular formula is C20H34NO6P. The van der Waals surface area contributed by atoms with Gasteiger partial charge in [0.25, 0.3) is 0 Å². The van der Waals surface area contributed by atoms with E-state index in [4.69, 9.17) is 18.7 Å². The monoisotopic (exact) mass is 415 g/mol. The van der Waals surface area contributed by atoms with Crippen LogP contribution in [0.4, 0.5) is 0 Å². The maximum Gasteiger partial charge on any atom is 0.223 e. The molecule has 0 radical (unpaired) electrons. The molecule has 0 fully saturated rings. The second-order valence-corrected chi connectivity index (χ2v) is 10.8. The Morgan fingerprint density at radius 1 is 1.32 bits per heavy atom. The number of hydrogen-bond acceptors (Lipinski definition) is 6. The number of nitrogens with zero attached hydrogens (tertiary/aromatic N) is 1. The molecule has 1 aliphatic rings. The van der Waals surface area contributed by atoms with Crippen LogP contribution in [-0.2, 0) is 25.1 Å². The van der Waals surface area contributed by atoms with Gasteiger partial charge in [-0.05, 0) is 25.7 Å². The lowest BCUT2D eigenvalue weighted by Gasteiger charge is -2.46. The summed E-state index contributed by atoms with van der Waals surface area (Å²) >= 11 is 0. The van der Waals surface area contributed by atoms with Gasteiger partial charge in [-0.25, -0.2) is 0 Å². The van der Waals surface area contributed by atoms with E-state index in [1.54, 1.807) is 20.0 Å². The van der Waals surface area contributed by atoms with E-state index in [9.17, 15) is 9.36 Å². The summed E-state index contributed by atoms with van der Waals surface area (Å²) in [7, 11) is 0.549. The Morgan fingerprint density at radius 2 is 2.04 bits per heavy atom. The van der Waals surface area contributed by atoms with Crippen LogP contribution < -0.4 is 10.2 Å². The Balaban J connectivity index is 2.30. The van der Waals surface area contributed by atoms with E-state index in [0.29, 0.717) is 18.5 Å². The maximum absolute atomic E-state index is 12.4. The molecule has 2 rings (SSSR count). The molecule has 160 valence electrons. The summed E-state index contributed by atoms with van der Waals surface area (Å²) in [5.41, 5.74) is 0.338. The summed E-state index contributed by atoms with van der Waals surface area (Å²) in [6.07, 6.45) is 3.72. The first-order valence-corrected chi connectivity index (χ1v) is 12.0. The highest BCUT2D eigenvalue weighted by atomic mass is 31.2. The van der Waals surface area contributed by atoms with Crippen molar-refractivity contribution in [2.75, 3.05) is 40.4 Å². The molecule has 0 aliphatic carbocycles. The summed E-state index contributed by atoms with van der Waals surface area (Å²) in [4.78, 5) is 12.3. The first-order valence-electron chi connectivity index (χ1n) is 9.76. The molecule has 0 saturated heterocycles. The summed E-state index contributed by atoms with van der Waals surface area (Å²) in [5, 5.41) is 0. The molecule has 3 unspecified atom stereocenters. The molecule has 2 heterocycles. The molecule has 0 spiro atoms. The molecule has 0 N–H and O–H groups in total.